The standard InChI is InChI=1S/C42H48ClF3N10O5P2/c1-60-35-22-29(16-17-33(35)52-40-48-23-31(43)38(54-40)51-32-7-5-6-30(32)37(47)57)63(4,59)24-34-36(42(44,45)46)39(49-25-8-12-27(13-9-25)56-18-20-61-21-19-56)55-41(53-34)50-26-10-14-28(15-11-26)62(2,3)58/h8-17,22-23,30,32H,5-7,18-21,24H2,1-4H3,(H2,47,57)(H2,48,51,52,54)(H2,49,50,53,55). The van der Waals surface area contributed by atoms with E-state index >= 15 is 13.2 Å². The fourth-order valence-electron chi connectivity index (χ4n) is 7.57. The molecule has 21 heteroatoms. The molecular weight excluding hydrogens is 879 g/mol. The summed E-state index contributed by atoms with van der Waals surface area (Å²) in [5.41, 5.74) is 5.97. The van der Waals surface area contributed by atoms with E-state index in [2.05, 4.69) is 46.1 Å². The summed E-state index contributed by atoms with van der Waals surface area (Å²) in [6, 6.07) is 17.9. The number of carbonyl (C=O) groups excluding carboxylic acids is 1. The second kappa shape index (κ2) is 18.7. The molecule has 1 saturated carbocycles. The van der Waals surface area contributed by atoms with Crippen molar-refractivity contribution in [3.8, 4) is 5.75 Å². The van der Waals surface area contributed by atoms with Crippen LogP contribution in [0.1, 0.15) is 30.5 Å². The van der Waals surface area contributed by atoms with Gasteiger partial charge in [0.15, 0.2) is 5.82 Å². The van der Waals surface area contributed by atoms with E-state index in [4.69, 9.17) is 26.8 Å². The van der Waals surface area contributed by atoms with Gasteiger partial charge in [0.1, 0.15) is 36.4 Å². The summed E-state index contributed by atoms with van der Waals surface area (Å²) in [5, 5.41) is 13.2. The highest BCUT2D eigenvalue weighted by Crippen LogP contribution is 2.49. The number of primary amides is 1. The van der Waals surface area contributed by atoms with Gasteiger partial charge in [-0.1, -0.05) is 18.0 Å². The topological polar surface area (TPSA) is 199 Å². The van der Waals surface area contributed by atoms with Crippen LogP contribution in [0.5, 0.6) is 5.75 Å². The average Bonchev–Trinajstić information content (AvgIpc) is 3.70. The molecule has 7 rings (SSSR count). The van der Waals surface area contributed by atoms with Crippen LogP contribution in [-0.2, 0) is 31.0 Å². The number of nitrogens with zero attached hydrogens (tertiary/aromatic N) is 5. The van der Waals surface area contributed by atoms with Gasteiger partial charge in [-0.05, 0) is 99.6 Å². The minimum absolute atomic E-state index is 0.126. The van der Waals surface area contributed by atoms with E-state index in [0.717, 1.165) is 12.1 Å². The zero-order chi connectivity index (χ0) is 45.1. The largest absolute Gasteiger partial charge is 0.495 e. The van der Waals surface area contributed by atoms with E-state index in [1.165, 1.54) is 32.1 Å². The lowest BCUT2D eigenvalue weighted by Gasteiger charge is -2.29. The number of halogens is 4. The summed E-state index contributed by atoms with van der Waals surface area (Å²) >= 11 is 6.40. The lowest BCUT2D eigenvalue weighted by molar-refractivity contribution is -0.137. The number of anilines is 8. The Kier molecular flexibility index (Phi) is 13.6. The first kappa shape index (κ1) is 45.6. The van der Waals surface area contributed by atoms with E-state index < -0.39 is 49.6 Å². The van der Waals surface area contributed by atoms with Crippen molar-refractivity contribution in [1.29, 1.82) is 0 Å². The van der Waals surface area contributed by atoms with Crippen LogP contribution >= 0.6 is 25.9 Å². The van der Waals surface area contributed by atoms with Crippen LogP contribution in [0.15, 0.2) is 72.9 Å². The summed E-state index contributed by atoms with van der Waals surface area (Å²) in [7, 11) is -4.89. The van der Waals surface area contributed by atoms with Gasteiger partial charge in [0.25, 0.3) is 0 Å². The normalized spacial score (nSPS) is 17.7. The van der Waals surface area contributed by atoms with Gasteiger partial charge in [-0.15, -0.1) is 0 Å². The van der Waals surface area contributed by atoms with Crippen molar-refractivity contribution in [2.75, 3.05) is 79.6 Å². The summed E-state index contributed by atoms with van der Waals surface area (Å²) in [6.07, 6.45) is -2.00. The Hall–Kier alpha value is -5.41. The van der Waals surface area contributed by atoms with Gasteiger partial charge in [-0.3, -0.25) is 4.79 Å². The Bertz CT molecular complexity index is 2560. The molecule has 0 bridgehead atoms. The van der Waals surface area contributed by atoms with Crippen LogP contribution < -0.4 is 47.2 Å². The molecule has 1 amide bonds. The molecule has 1 saturated heterocycles. The SMILES string of the molecule is COc1cc(P(C)(=O)Cc2nc(Nc3ccc(P(C)(C)=O)cc3)nc(Nc3ccc(N4CCOCC4)cc3)c2C(F)(F)F)ccc1Nc1ncc(Cl)c(NC2CCCC2C(N)=O)n1. The fourth-order valence-corrected chi connectivity index (χ4v) is 10.3. The maximum Gasteiger partial charge on any atom is 0.421 e. The highest BCUT2D eigenvalue weighted by Gasteiger charge is 2.41. The molecule has 15 nitrogen and oxygen atoms in total. The Labute approximate surface area is 367 Å². The van der Waals surface area contributed by atoms with Crippen molar-refractivity contribution >= 4 is 88.7 Å². The zero-order valence-corrected chi connectivity index (χ0v) is 37.5. The number of carbonyl (C=O) groups is 1. The van der Waals surface area contributed by atoms with Gasteiger partial charge in [0.2, 0.25) is 17.8 Å². The smallest absolute Gasteiger partial charge is 0.421 e. The van der Waals surface area contributed by atoms with Crippen LogP contribution in [0.4, 0.5) is 59.5 Å². The quantitative estimate of drug-likeness (QED) is 0.0631. The molecule has 3 aromatic carbocycles. The van der Waals surface area contributed by atoms with Crippen LogP contribution in [0, 0.1) is 5.92 Å². The summed E-state index contributed by atoms with van der Waals surface area (Å²) < 4.78 is 84.2. The molecule has 3 atom stereocenters. The second-order valence-corrected chi connectivity index (χ2v) is 22.5. The molecule has 63 heavy (non-hydrogen) atoms. The Morgan fingerprint density at radius 3 is 2.19 bits per heavy atom. The minimum atomic E-state index is -4.97. The van der Waals surface area contributed by atoms with E-state index in [0.29, 0.717) is 67.3 Å². The highest BCUT2D eigenvalue weighted by molar-refractivity contribution is 7.70. The van der Waals surface area contributed by atoms with E-state index in [-0.39, 0.29) is 39.9 Å². The predicted octanol–water partition coefficient (Wildman–Crippen LogP) is 8.15. The van der Waals surface area contributed by atoms with Crippen LogP contribution in [-0.4, -0.2) is 85.3 Å². The fraction of sp³-hybridized carbons (Fsp3) is 0.357. The molecule has 2 aliphatic rings. The van der Waals surface area contributed by atoms with Gasteiger partial charge in [0, 0.05) is 53.0 Å². The van der Waals surface area contributed by atoms with Gasteiger partial charge >= 0.3 is 6.18 Å². The average molecular weight is 927 g/mol. The molecule has 6 N–H and O–H groups in total. The van der Waals surface area contributed by atoms with Crippen molar-refractivity contribution in [2.45, 2.75) is 37.6 Å². The third kappa shape index (κ3) is 11.0. The van der Waals surface area contributed by atoms with Gasteiger partial charge < -0.3 is 50.5 Å². The number of morpholine rings is 1. The zero-order valence-electron chi connectivity index (χ0n) is 35.0. The van der Waals surface area contributed by atoms with Gasteiger partial charge in [0.05, 0.1) is 43.8 Å². The number of alkyl halides is 3. The molecule has 334 valence electrons. The molecule has 2 aromatic heterocycles. The number of hydrogen-bond acceptors (Lipinski definition) is 14. The second-order valence-electron chi connectivity index (χ2n) is 15.9. The minimum Gasteiger partial charge on any atom is -0.495 e. The number of nitrogens with two attached hydrogens (primary N) is 1. The molecule has 0 radical (unpaired) electrons. The maximum absolute atomic E-state index is 15.3. The van der Waals surface area contributed by atoms with Crippen molar-refractivity contribution < 1.29 is 36.6 Å². The van der Waals surface area contributed by atoms with E-state index in [1.54, 1.807) is 55.8 Å². The number of nitrogens with one attached hydrogen (secondary N) is 4. The van der Waals surface area contributed by atoms with Crippen LogP contribution in [0.3, 0.4) is 0 Å². The lowest BCUT2D eigenvalue weighted by Crippen LogP contribution is -2.36. The Morgan fingerprint density at radius 2 is 1.54 bits per heavy atom. The lowest BCUT2D eigenvalue weighted by atomic mass is 10.0. The first-order valence-electron chi connectivity index (χ1n) is 20.1. The third-order valence-electron chi connectivity index (χ3n) is 10.9. The number of ether oxygens (including phenoxy) is 2. The van der Waals surface area contributed by atoms with Crippen molar-refractivity contribution in [2.24, 2.45) is 11.7 Å². The number of amides is 1. The van der Waals surface area contributed by atoms with Gasteiger partial charge in [-0.25, -0.2) is 9.97 Å². The molecule has 1 aliphatic carbocycles. The summed E-state index contributed by atoms with van der Waals surface area (Å²) in [5.74, 6) is -0.868. The predicted molar refractivity (Wildman–Crippen MR) is 243 cm³/mol. The maximum atomic E-state index is 15.3. The van der Waals surface area contributed by atoms with E-state index in [1.807, 2.05) is 12.1 Å². The first-order valence-corrected chi connectivity index (χ1v) is 25.4. The van der Waals surface area contributed by atoms with Crippen LogP contribution in [0.2, 0.25) is 5.02 Å². The molecule has 2 fully saturated rings. The highest BCUT2D eigenvalue weighted by atomic mass is 35.5. The number of methoxy groups -OCH3 is 1. The van der Waals surface area contributed by atoms with Crippen LogP contribution in [0.25, 0.3) is 0 Å². The monoisotopic (exact) mass is 926 g/mol. The first-order chi connectivity index (χ1) is 29.9. The molecular formula is C42H48ClF3N10O5P2. The van der Waals surface area contributed by atoms with Crippen molar-refractivity contribution in [3.05, 3.63) is 89.2 Å². The molecule has 1 aliphatic heterocycles. The third-order valence-corrected chi connectivity index (χ3v) is 15.0. The summed E-state index contributed by atoms with van der Waals surface area (Å²) in [6.45, 7) is 7.17. The Balaban J connectivity index is 1.20. The summed E-state index contributed by atoms with van der Waals surface area (Å²) in [4.78, 5) is 31.5. The number of hydrogen-bond donors (Lipinski definition) is 5. The Morgan fingerprint density at radius 1 is 0.889 bits per heavy atom. The van der Waals surface area contributed by atoms with Crippen molar-refractivity contribution in [1.82, 2.24) is 19.9 Å². The number of rotatable bonds is 15. The van der Waals surface area contributed by atoms with Crippen molar-refractivity contribution in [3.63, 3.8) is 0 Å². The molecule has 3 heterocycles. The number of aromatic nitrogens is 4. The molecule has 5 aromatic rings. The molecule has 0 spiro atoms. The van der Waals surface area contributed by atoms with Gasteiger partial charge in [-0.2, -0.15) is 23.1 Å². The molecule has 3 unspecified atom stereocenters. The number of benzene rings is 3. The van der Waals surface area contributed by atoms with E-state index in [9.17, 15) is 13.9 Å².